The molecule has 246 valence electrons. The molecule has 1 fully saturated rings. The zero-order valence-corrected chi connectivity index (χ0v) is 26.2. The molecular formula is C28H32ClF3N4O8S. The second-order valence-electron chi connectivity index (χ2n) is 10.6. The van der Waals surface area contributed by atoms with Gasteiger partial charge in [0.1, 0.15) is 33.8 Å². The van der Waals surface area contributed by atoms with Gasteiger partial charge >= 0.3 is 6.16 Å². The predicted molar refractivity (Wildman–Crippen MR) is 157 cm³/mol. The number of sulfonamides is 1. The van der Waals surface area contributed by atoms with E-state index >= 15 is 8.78 Å². The van der Waals surface area contributed by atoms with Crippen LogP contribution < -0.4 is 18.7 Å². The summed E-state index contributed by atoms with van der Waals surface area (Å²) >= 11 is 6.33. The minimum atomic E-state index is -5.16. The summed E-state index contributed by atoms with van der Waals surface area (Å²) in [6, 6.07) is 8.48. The molecule has 0 amide bonds. The summed E-state index contributed by atoms with van der Waals surface area (Å²) in [5.41, 5.74) is -1.43. The van der Waals surface area contributed by atoms with E-state index in [1.54, 1.807) is 19.0 Å². The maximum absolute atomic E-state index is 16.0. The van der Waals surface area contributed by atoms with Crippen LogP contribution in [0, 0.1) is 17.6 Å². The molecule has 1 aromatic heterocycles. The lowest BCUT2D eigenvalue weighted by Crippen LogP contribution is -2.51. The van der Waals surface area contributed by atoms with Crippen LogP contribution in [0.2, 0.25) is 5.02 Å². The number of hydrogen-bond donors (Lipinski definition) is 3. The van der Waals surface area contributed by atoms with Gasteiger partial charge in [0.2, 0.25) is 5.95 Å². The Bertz CT molecular complexity index is 1660. The first-order valence-corrected chi connectivity index (χ1v) is 15.1. The molecule has 1 aliphatic rings. The van der Waals surface area contributed by atoms with Gasteiger partial charge in [0.15, 0.2) is 10.7 Å². The minimum absolute atomic E-state index is 0.0330. The highest BCUT2D eigenvalue weighted by Gasteiger charge is 2.46. The Morgan fingerprint density at radius 3 is 2.40 bits per heavy atom. The molecule has 1 aliphatic heterocycles. The van der Waals surface area contributed by atoms with Gasteiger partial charge < -0.3 is 34.6 Å². The van der Waals surface area contributed by atoms with Crippen molar-refractivity contribution < 1.29 is 51.1 Å². The number of nitrogens with zero attached hydrogens (tertiary/aromatic N) is 4. The number of aromatic nitrogens is 1. The monoisotopic (exact) mass is 676 g/mol. The van der Waals surface area contributed by atoms with E-state index in [9.17, 15) is 28.1 Å². The highest BCUT2D eigenvalue weighted by molar-refractivity contribution is 7.92. The molecule has 17 heteroatoms. The van der Waals surface area contributed by atoms with E-state index in [1.807, 2.05) is 0 Å². The molecule has 1 atom stereocenters. The summed E-state index contributed by atoms with van der Waals surface area (Å²) in [4.78, 5) is 5.21. The number of hydrogen-bond acceptors (Lipinski definition) is 11. The van der Waals surface area contributed by atoms with Crippen molar-refractivity contribution in [2.75, 3.05) is 57.2 Å². The number of methoxy groups -OCH3 is 2. The maximum Gasteiger partial charge on any atom is 0.405 e. The van der Waals surface area contributed by atoms with E-state index < -0.39 is 61.6 Å². The topological polar surface area (TPSA) is 145 Å². The second kappa shape index (κ2) is 13.2. The lowest BCUT2D eigenvalue weighted by Gasteiger charge is -2.35. The van der Waals surface area contributed by atoms with Gasteiger partial charge in [-0.05, 0) is 44.8 Å². The fourth-order valence-corrected chi connectivity index (χ4v) is 7.10. The number of anilines is 2. The van der Waals surface area contributed by atoms with Crippen molar-refractivity contribution in [3.05, 3.63) is 70.6 Å². The lowest BCUT2D eigenvalue weighted by atomic mass is 10.0. The van der Waals surface area contributed by atoms with Crippen molar-refractivity contribution in [3.8, 4) is 11.5 Å². The molecule has 1 unspecified atom stereocenters. The number of aliphatic hydroxyl groups is 3. The Labute approximate surface area is 262 Å². The molecule has 45 heavy (non-hydrogen) atoms. The standard InChI is InChI=1S/C28H32ClF3N4O8S/c1-34(2)15-27(44-28(37,38)39)10-11-35(16-27)20-13-19(30)26(25(32)24(20)29)45(40,41)36(23-7-5-6-22(31)33-23)14-17-8-9-18(42-3)12-21(17)43-4/h5-9,12-13,37-39H,10-11,14-16H2,1-4H3. The number of benzene rings is 2. The quantitative estimate of drug-likeness (QED) is 0.148. The zero-order chi connectivity index (χ0) is 33.3. The van der Waals surface area contributed by atoms with Gasteiger partial charge in [-0.1, -0.05) is 17.7 Å². The van der Waals surface area contributed by atoms with Crippen LogP contribution in [0.5, 0.6) is 11.5 Å². The first-order valence-electron chi connectivity index (χ1n) is 13.3. The van der Waals surface area contributed by atoms with E-state index in [2.05, 4.69) is 4.98 Å². The Hall–Kier alpha value is -3.38. The molecule has 0 aliphatic carbocycles. The summed E-state index contributed by atoms with van der Waals surface area (Å²) < 4.78 is 90.2. The second-order valence-corrected chi connectivity index (χ2v) is 12.8. The number of rotatable bonds is 12. The van der Waals surface area contributed by atoms with Crippen molar-refractivity contribution in [2.45, 2.75) is 29.6 Å². The van der Waals surface area contributed by atoms with E-state index in [0.29, 0.717) is 10.1 Å². The molecule has 0 bridgehead atoms. The number of halogens is 4. The summed E-state index contributed by atoms with van der Waals surface area (Å²) in [5.74, 6) is -4.09. The van der Waals surface area contributed by atoms with Crippen LogP contribution in [0.3, 0.4) is 0 Å². The highest BCUT2D eigenvalue weighted by Crippen LogP contribution is 2.41. The summed E-state index contributed by atoms with van der Waals surface area (Å²) in [5, 5.41) is 27.7. The summed E-state index contributed by atoms with van der Waals surface area (Å²) in [6.07, 6.45) is -3.43. The van der Waals surface area contributed by atoms with Gasteiger partial charge in [0, 0.05) is 37.3 Å². The van der Waals surface area contributed by atoms with E-state index in [1.165, 1.54) is 43.4 Å². The molecule has 0 radical (unpaired) electrons. The largest absolute Gasteiger partial charge is 0.497 e. The smallest absolute Gasteiger partial charge is 0.405 e. The molecule has 3 N–H and O–H groups in total. The average molecular weight is 677 g/mol. The Balaban J connectivity index is 1.79. The molecular weight excluding hydrogens is 645 g/mol. The number of pyridine rings is 1. The van der Waals surface area contributed by atoms with Crippen molar-refractivity contribution in [2.24, 2.45) is 0 Å². The van der Waals surface area contributed by atoms with Crippen LogP contribution in [0.1, 0.15) is 12.0 Å². The average Bonchev–Trinajstić information content (AvgIpc) is 3.34. The molecule has 2 heterocycles. The van der Waals surface area contributed by atoms with Crippen LogP contribution in [0.15, 0.2) is 47.4 Å². The summed E-state index contributed by atoms with van der Waals surface area (Å²) in [6.45, 7) is -0.695. The van der Waals surface area contributed by atoms with Crippen LogP contribution in [-0.4, -0.2) is 93.3 Å². The molecule has 2 aromatic carbocycles. The number of likely N-dealkylation sites (N-methyl/N-ethyl adjacent to an activating group) is 1. The van der Waals surface area contributed by atoms with Crippen LogP contribution in [0.4, 0.5) is 24.7 Å². The highest BCUT2D eigenvalue weighted by atomic mass is 35.5. The lowest BCUT2D eigenvalue weighted by molar-refractivity contribution is -0.478. The normalized spacial score (nSPS) is 17.2. The van der Waals surface area contributed by atoms with Crippen LogP contribution >= 0.6 is 11.6 Å². The van der Waals surface area contributed by atoms with Gasteiger partial charge in [-0.15, -0.1) is 0 Å². The van der Waals surface area contributed by atoms with Crippen molar-refractivity contribution >= 4 is 33.1 Å². The van der Waals surface area contributed by atoms with Crippen molar-refractivity contribution in [1.82, 2.24) is 9.88 Å². The van der Waals surface area contributed by atoms with Gasteiger partial charge in [0.25, 0.3) is 10.0 Å². The first kappa shape index (κ1) is 34.5. The van der Waals surface area contributed by atoms with Gasteiger partial charge in [-0.25, -0.2) is 26.5 Å². The van der Waals surface area contributed by atoms with E-state index in [-0.39, 0.29) is 43.1 Å². The predicted octanol–water partition coefficient (Wildman–Crippen LogP) is 2.68. The van der Waals surface area contributed by atoms with E-state index in [4.69, 9.17) is 25.8 Å². The van der Waals surface area contributed by atoms with Gasteiger partial charge in [0.05, 0.1) is 26.5 Å². The minimum Gasteiger partial charge on any atom is -0.497 e. The van der Waals surface area contributed by atoms with Crippen molar-refractivity contribution in [1.29, 1.82) is 0 Å². The Morgan fingerprint density at radius 1 is 1.09 bits per heavy atom. The third-order valence-electron chi connectivity index (χ3n) is 7.02. The zero-order valence-electron chi connectivity index (χ0n) is 24.7. The SMILES string of the molecule is COc1ccc(CN(c2cccc(F)n2)S(=O)(=O)c2c(F)cc(N3CCC(CN(C)C)(OC(O)(O)O)C3)c(Cl)c2F)c(OC)c1. The third kappa shape index (κ3) is 7.54. The molecule has 0 saturated carbocycles. The fraction of sp³-hybridized carbons (Fsp3) is 0.393. The first-order chi connectivity index (χ1) is 21.0. The fourth-order valence-electron chi connectivity index (χ4n) is 5.27. The van der Waals surface area contributed by atoms with Crippen molar-refractivity contribution in [3.63, 3.8) is 0 Å². The molecule has 4 rings (SSSR count). The van der Waals surface area contributed by atoms with Gasteiger partial charge in [-0.3, -0.25) is 4.74 Å². The Kier molecular flexibility index (Phi) is 10.1. The van der Waals surface area contributed by atoms with Crippen LogP contribution in [-0.2, 0) is 21.3 Å². The van der Waals surface area contributed by atoms with E-state index in [0.717, 1.165) is 18.2 Å². The number of ether oxygens (including phenoxy) is 3. The molecule has 3 aromatic rings. The molecule has 0 spiro atoms. The third-order valence-corrected chi connectivity index (χ3v) is 9.17. The maximum atomic E-state index is 16.0. The van der Waals surface area contributed by atoms with Crippen LogP contribution in [0.25, 0.3) is 0 Å². The van der Waals surface area contributed by atoms with Gasteiger partial charge in [-0.2, -0.15) is 4.39 Å². The Morgan fingerprint density at radius 2 is 1.80 bits per heavy atom. The molecule has 1 saturated heterocycles. The molecule has 12 nitrogen and oxygen atoms in total. The summed E-state index contributed by atoms with van der Waals surface area (Å²) in [7, 11) is 0.900.